The molecule has 0 aromatic carbocycles. The molecule has 0 fully saturated rings. The predicted molar refractivity (Wildman–Crippen MR) is 56.3 cm³/mol. The quantitative estimate of drug-likeness (QED) is 0.553. The minimum absolute atomic E-state index is 0.444. The predicted octanol–water partition coefficient (Wildman–Crippen LogP) is 1.06. The Hall–Kier alpha value is -0.430. The molecule has 2 N–H and O–H groups in total. The lowest BCUT2D eigenvalue weighted by molar-refractivity contribution is -0.185. The van der Waals surface area contributed by atoms with E-state index in [9.17, 15) is 13.6 Å². The van der Waals surface area contributed by atoms with E-state index in [-0.39, 0.29) is 0 Å². The Bertz CT molecular complexity index is 394. The summed E-state index contributed by atoms with van der Waals surface area (Å²) in [6.07, 6.45) is 1.67. The zero-order valence-corrected chi connectivity index (χ0v) is 10.2. The van der Waals surface area contributed by atoms with Gasteiger partial charge in [0.05, 0.1) is 16.8 Å². The lowest BCUT2D eigenvalue weighted by Crippen LogP contribution is -2.48. The van der Waals surface area contributed by atoms with Crippen LogP contribution in [0, 0.1) is 0 Å². The second-order valence-corrected chi connectivity index (χ2v) is 6.37. The second-order valence-electron chi connectivity index (χ2n) is 4.92. The van der Waals surface area contributed by atoms with Crippen LogP contribution >= 0.6 is 0 Å². The summed E-state index contributed by atoms with van der Waals surface area (Å²) in [5.41, 5.74) is -0.902. The third-order valence-electron chi connectivity index (χ3n) is 2.73. The van der Waals surface area contributed by atoms with Crippen molar-refractivity contribution in [1.82, 2.24) is 5.06 Å². The van der Waals surface area contributed by atoms with Crippen LogP contribution in [0.25, 0.3) is 0 Å². The van der Waals surface area contributed by atoms with Crippen molar-refractivity contribution < 1.29 is 18.2 Å². The molecule has 5 nitrogen and oxygen atoms in total. The van der Waals surface area contributed by atoms with Crippen LogP contribution in [0.3, 0.4) is 0 Å². The van der Waals surface area contributed by atoms with Crippen molar-refractivity contribution in [2.75, 3.05) is 5.75 Å². The van der Waals surface area contributed by atoms with Gasteiger partial charge in [-0.05, 0) is 33.3 Å². The van der Waals surface area contributed by atoms with Gasteiger partial charge in [-0.15, -0.1) is 0 Å². The molecule has 0 unspecified atom stereocenters. The van der Waals surface area contributed by atoms with Crippen LogP contribution in [0.2, 0.25) is 0 Å². The lowest BCUT2D eigenvalue weighted by Gasteiger charge is -2.36. The Balaban J connectivity index is 3.10. The van der Waals surface area contributed by atoms with Gasteiger partial charge in [-0.25, -0.2) is 0 Å². The fourth-order valence-corrected chi connectivity index (χ4v) is 2.76. The van der Waals surface area contributed by atoms with Gasteiger partial charge in [-0.3, -0.25) is 4.55 Å². The highest BCUT2D eigenvalue weighted by Gasteiger charge is 2.45. The van der Waals surface area contributed by atoms with Crippen molar-refractivity contribution in [1.29, 1.82) is 0 Å². The van der Waals surface area contributed by atoms with Crippen LogP contribution in [-0.4, -0.2) is 40.1 Å². The highest BCUT2D eigenvalue weighted by molar-refractivity contribution is 7.86. The molecule has 0 saturated heterocycles. The Labute approximate surface area is 90.1 Å². The topological polar surface area (TPSA) is 77.8 Å². The molecular formula is C9H17NO4S. The van der Waals surface area contributed by atoms with E-state index in [4.69, 9.17) is 4.55 Å². The van der Waals surface area contributed by atoms with Crippen molar-refractivity contribution >= 4 is 10.1 Å². The maximum atomic E-state index is 10.8. The summed E-state index contributed by atoms with van der Waals surface area (Å²) in [5, 5.41) is 11.0. The molecule has 0 aromatic rings. The number of rotatable bonds is 2. The van der Waals surface area contributed by atoms with Gasteiger partial charge in [-0.2, -0.15) is 13.5 Å². The molecule has 88 valence electrons. The monoisotopic (exact) mass is 235 g/mol. The third-order valence-corrected chi connectivity index (χ3v) is 3.40. The summed E-state index contributed by atoms with van der Waals surface area (Å²) in [5.74, 6) is -0.444. The minimum atomic E-state index is -4.06. The Morgan fingerprint density at radius 2 is 1.80 bits per heavy atom. The van der Waals surface area contributed by atoms with Gasteiger partial charge >= 0.3 is 0 Å². The van der Waals surface area contributed by atoms with E-state index in [1.807, 2.05) is 0 Å². The molecule has 0 amide bonds. The summed E-state index contributed by atoms with van der Waals surface area (Å²) in [7, 11) is -4.06. The van der Waals surface area contributed by atoms with Gasteiger partial charge in [0.1, 0.15) is 0 Å². The van der Waals surface area contributed by atoms with E-state index in [0.29, 0.717) is 5.57 Å². The molecule has 1 heterocycles. The molecule has 0 atom stereocenters. The van der Waals surface area contributed by atoms with Crippen LogP contribution < -0.4 is 0 Å². The van der Waals surface area contributed by atoms with E-state index in [1.54, 1.807) is 33.8 Å². The van der Waals surface area contributed by atoms with Gasteiger partial charge in [0.25, 0.3) is 10.1 Å². The highest BCUT2D eigenvalue weighted by Crippen LogP contribution is 2.38. The van der Waals surface area contributed by atoms with Crippen molar-refractivity contribution in [2.45, 2.75) is 38.8 Å². The normalized spacial score (nSPS) is 25.3. The molecule has 1 rings (SSSR count). The largest absolute Gasteiger partial charge is 0.312 e. The molecule has 0 bridgehead atoms. The summed E-state index contributed by atoms with van der Waals surface area (Å²) >= 11 is 0. The second kappa shape index (κ2) is 3.28. The standard InChI is InChI=1S/C9H17NO4S/c1-8(2)5-7(6-15(12,13)14)9(3,4)10(8)11/h5,11H,6H2,1-4H3,(H,12,13,14). The number of hydrogen-bond acceptors (Lipinski definition) is 4. The summed E-state index contributed by atoms with van der Waals surface area (Å²) in [6.45, 7) is 6.95. The Kier molecular flexibility index (Phi) is 2.76. The first-order valence-electron chi connectivity index (χ1n) is 4.63. The van der Waals surface area contributed by atoms with Crippen LogP contribution in [-0.2, 0) is 10.1 Å². The first-order valence-corrected chi connectivity index (χ1v) is 6.24. The molecule has 6 heteroatoms. The maximum Gasteiger partial charge on any atom is 0.268 e. The minimum Gasteiger partial charge on any atom is -0.312 e. The number of nitrogens with zero attached hydrogens (tertiary/aromatic N) is 1. The average molecular weight is 235 g/mol. The molecule has 1 aliphatic heterocycles. The molecule has 0 spiro atoms. The summed E-state index contributed by atoms with van der Waals surface area (Å²) in [4.78, 5) is 0. The first kappa shape index (κ1) is 12.6. The van der Waals surface area contributed by atoms with Crippen LogP contribution in [0.1, 0.15) is 27.7 Å². The number of hydroxylamine groups is 2. The lowest BCUT2D eigenvalue weighted by atomic mass is 9.98. The zero-order valence-electron chi connectivity index (χ0n) is 9.35. The maximum absolute atomic E-state index is 10.8. The van der Waals surface area contributed by atoms with E-state index in [1.165, 1.54) is 0 Å². The Morgan fingerprint density at radius 1 is 1.33 bits per heavy atom. The van der Waals surface area contributed by atoms with Crippen LogP contribution in [0.15, 0.2) is 11.6 Å². The highest BCUT2D eigenvalue weighted by atomic mass is 32.2. The van der Waals surface area contributed by atoms with Gasteiger partial charge in [0.2, 0.25) is 0 Å². The average Bonchev–Trinajstić information content (AvgIpc) is 2.09. The van der Waals surface area contributed by atoms with Gasteiger partial charge in [-0.1, -0.05) is 6.08 Å². The van der Waals surface area contributed by atoms with Crippen molar-refractivity contribution in [3.05, 3.63) is 11.6 Å². The Morgan fingerprint density at radius 3 is 2.07 bits per heavy atom. The zero-order chi connectivity index (χ0) is 12.1. The fraction of sp³-hybridized carbons (Fsp3) is 0.778. The van der Waals surface area contributed by atoms with Crippen LogP contribution in [0.5, 0.6) is 0 Å². The van der Waals surface area contributed by atoms with E-state index in [2.05, 4.69) is 0 Å². The van der Waals surface area contributed by atoms with Gasteiger partial charge in [0, 0.05) is 0 Å². The van der Waals surface area contributed by atoms with Gasteiger partial charge in [0.15, 0.2) is 0 Å². The fourth-order valence-electron chi connectivity index (χ4n) is 1.94. The molecular weight excluding hydrogens is 218 g/mol. The van der Waals surface area contributed by atoms with E-state index in [0.717, 1.165) is 5.06 Å². The molecule has 0 radical (unpaired) electrons. The molecule has 0 saturated carbocycles. The molecule has 0 aromatic heterocycles. The smallest absolute Gasteiger partial charge is 0.268 e. The van der Waals surface area contributed by atoms with E-state index >= 15 is 0 Å². The van der Waals surface area contributed by atoms with E-state index < -0.39 is 26.9 Å². The first-order chi connectivity index (χ1) is 6.47. The molecule has 0 aliphatic carbocycles. The van der Waals surface area contributed by atoms with Crippen molar-refractivity contribution in [3.63, 3.8) is 0 Å². The summed E-state index contributed by atoms with van der Waals surface area (Å²) < 4.78 is 30.4. The third kappa shape index (κ3) is 2.39. The van der Waals surface area contributed by atoms with Gasteiger partial charge < -0.3 is 5.21 Å². The number of hydrogen-bond donors (Lipinski definition) is 2. The SMILES string of the molecule is CC1(C)C=C(CS(=O)(=O)O)C(C)(C)N1O. The van der Waals surface area contributed by atoms with Crippen molar-refractivity contribution in [3.8, 4) is 0 Å². The molecule has 1 aliphatic rings. The van der Waals surface area contributed by atoms with Crippen molar-refractivity contribution in [2.24, 2.45) is 0 Å². The molecule has 15 heavy (non-hydrogen) atoms. The van der Waals surface area contributed by atoms with Crippen LogP contribution in [0.4, 0.5) is 0 Å². The summed E-state index contributed by atoms with van der Waals surface area (Å²) in [6, 6.07) is 0.